The second-order valence-corrected chi connectivity index (χ2v) is 5.71. The summed E-state index contributed by atoms with van der Waals surface area (Å²) in [5.41, 5.74) is 0.756. The van der Waals surface area contributed by atoms with Crippen molar-refractivity contribution in [2.24, 2.45) is 0 Å². The molecule has 0 amide bonds. The Morgan fingerprint density at radius 1 is 1.09 bits per heavy atom. The van der Waals surface area contributed by atoms with Crippen LogP contribution < -0.4 is 0 Å². The number of carbonyl (C=O) groups excluding carboxylic acids is 1. The molecule has 1 aromatic rings. The van der Waals surface area contributed by atoms with E-state index in [0.29, 0.717) is 19.3 Å². The molecule has 1 aromatic carbocycles. The Morgan fingerprint density at radius 2 is 1.73 bits per heavy atom. The van der Waals surface area contributed by atoms with Crippen molar-refractivity contribution in [3.8, 4) is 11.5 Å². The zero-order valence-electron chi connectivity index (χ0n) is 13.2. The van der Waals surface area contributed by atoms with Crippen molar-refractivity contribution < 1.29 is 20.1 Å². The van der Waals surface area contributed by atoms with E-state index >= 15 is 0 Å². The maximum atomic E-state index is 11.6. The van der Waals surface area contributed by atoms with Gasteiger partial charge in [-0.2, -0.15) is 0 Å². The van der Waals surface area contributed by atoms with Crippen LogP contribution in [0.3, 0.4) is 0 Å². The molecule has 0 aliphatic heterocycles. The summed E-state index contributed by atoms with van der Waals surface area (Å²) >= 11 is 0. The van der Waals surface area contributed by atoms with Gasteiger partial charge in [-0.25, -0.2) is 0 Å². The number of phenols is 2. The first-order valence-electron chi connectivity index (χ1n) is 7.86. The van der Waals surface area contributed by atoms with E-state index in [0.717, 1.165) is 31.2 Å². The van der Waals surface area contributed by atoms with Gasteiger partial charge in [0.25, 0.3) is 0 Å². The molecule has 0 spiro atoms. The van der Waals surface area contributed by atoms with Gasteiger partial charge in [0.2, 0.25) is 0 Å². The number of benzene rings is 1. The van der Waals surface area contributed by atoms with Gasteiger partial charge in [0.15, 0.2) is 0 Å². The molecule has 0 aliphatic rings. The Hall–Kier alpha value is -1.81. The number of aliphatic hydroxyl groups excluding tert-OH is 1. The van der Waals surface area contributed by atoms with Crippen molar-refractivity contribution in [3.05, 3.63) is 29.8 Å². The van der Waals surface area contributed by atoms with Crippen LogP contribution in [0.5, 0.6) is 11.5 Å². The molecule has 0 saturated heterocycles. The molecule has 3 N–H and O–H groups in total. The van der Waals surface area contributed by atoms with Crippen LogP contribution in [0.4, 0.5) is 0 Å². The Balaban J connectivity index is 2.14. The van der Waals surface area contributed by atoms with Crippen LogP contribution in [0.2, 0.25) is 0 Å². The SMILES string of the molecule is C[C@H](O)CCCC(=O)CCCC/C=C/c1cc(O)cc(O)c1. The summed E-state index contributed by atoms with van der Waals surface area (Å²) in [6, 6.07) is 4.46. The number of hydrogen-bond donors (Lipinski definition) is 3. The van der Waals surface area contributed by atoms with Gasteiger partial charge in [-0.1, -0.05) is 12.2 Å². The Labute approximate surface area is 132 Å². The van der Waals surface area contributed by atoms with Gasteiger partial charge in [0.05, 0.1) is 6.10 Å². The highest BCUT2D eigenvalue weighted by molar-refractivity contribution is 5.78. The lowest BCUT2D eigenvalue weighted by atomic mass is 10.0. The summed E-state index contributed by atoms with van der Waals surface area (Å²) in [5, 5.41) is 27.8. The number of aliphatic hydroxyl groups is 1. The molecule has 0 bridgehead atoms. The lowest BCUT2D eigenvalue weighted by Crippen LogP contribution is -2.02. The van der Waals surface area contributed by atoms with Gasteiger partial charge >= 0.3 is 0 Å². The monoisotopic (exact) mass is 306 g/mol. The second kappa shape index (κ2) is 10.0. The summed E-state index contributed by atoms with van der Waals surface area (Å²) in [4.78, 5) is 11.6. The topological polar surface area (TPSA) is 77.8 Å². The Kier molecular flexibility index (Phi) is 8.30. The molecule has 1 rings (SSSR count). The van der Waals surface area contributed by atoms with E-state index in [1.807, 2.05) is 12.2 Å². The van der Waals surface area contributed by atoms with Crippen molar-refractivity contribution in [1.82, 2.24) is 0 Å². The average molecular weight is 306 g/mol. The van der Waals surface area contributed by atoms with Crippen LogP contribution in [0.25, 0.3) is 6.08 Å². The van der Waals surface area contributed by atoms with Crippen LogP contribution in [0.1, 0.15) is 57.4 Å². The van der Waals surface area contributed by atoms with Crippen LogP contribution >= 0.6 is 0 Å². The number of unbranched alkanes of at least 4 members (excludes halogenated alkanes) is 2. The predicted octanol–water partition coefficient (Wildman–Crippen LogP) is 3.79. The quantitative estimate of drug-likeness (QED) is 0.575. The fourth-order valence-electron chi connectivity index (χ4n) is 2.24. The molecule has 122 valence electrons. The minimum absolute atomic E-state index is 0.0439. The number of hydrogen-bond acceptors (Lipinski definition) is 4. The van der Waals surface area contributed by atoms with Gasteiger partial charge < -0.3 is 15.3 Å². The Morgan fingerprint density at radius 3 is 2.36 bits per heavy atom. The summed E-state index contributed by atoms with van der Waals surface area (Å²) in [6.07, 6.45) is 8.77. The highest BCUT2D eigenvalue weighted by Crippen LogP contribution is 2.21. The van der Waals surface area contributed by atoms with Gasteiger partial charge in [0, 0.05) is 18.9 Å². The highest BCUT2D eigenvalue weighted by atomic mass is 16.3. The van der Waals surface area contributed by atoms with E-state index in [1.54, 1.807) is 19.1 Å². The molecule has 0 radical (unpaired) electrons. The third-order valence-corrected chi connectivity index (χ3v) is 3.39. The van der Waals surface area contributed by atoms with Gasteiger partial charge in [0.1, 0.15) is 17.3 Å². The number of aromatic hydroxyl groups is 2. The largest absolute Gasteiger partial charge is 0.508 e. The van der Waals surface area contributed by atoms with E-state index in [2.05, 4.69) is 0 Å². The van der Waals surface area contributed by atoms with Crippen LogP contribution in [-0.4, -0.2) is 27.2 Å². The number of Topliss-reactive ketones (excluding diaryl/α,β-unsaturated/α-hetero) is 1. The standard InChI is InChI=1S/C18H26O4/c1-14(19)7-6-10-16(20)9-5-3-2-4-8-15-11-17(21)13-18(22)12-15/h4,8,11-14,19,21-22H,2-3,5-7,9-10H2,1H3/b8-4+/t14-/m0/s1. The number of rotatable bonds is 10. The third kappa shape index (κ3) is 8.47. The fourth-order valence-corrected chi connectivity index (χ4v) is 2.24. The summed E-state index contributed by atoms with van der Waals surface area (Å²) in [7, 11) is 0. The second-order valence-electron chi connectivity index (χ2n) is 5.71. The fraction of sp³-hybridized carbons (Fsp3) is 0.500. The lowest BCUT2D eigenvalue weighted by Gasteiger charge is -2.03. The van der Waals surface area contributed by atoms with Gasteiger partial charge in [-0.15, -0.1) is 0 Å². The predicted molar refractivity (Wildman–Crippen MR) is 87.8 cm³/mol. The summed E-state index contributed by atoms with van der Waals surface area (Å²) in [6.45, 7) is 1.74. The molecular weight excluding hydrogens is 280 g/mol. The molecule has 0 unspecified atom stereocenters. The minimum Gasteiger partial charge on any atom is -0.508 e. The Bertz CT molecular complexity index is 472. The molecule has 0 aliphatic carbocycles. The number of carbonyl (C=O) groups is 1. The molecule has 4 nitrogen and oxygen atoms in total. The highest BCUT2D eigenvalue weighted by Gasteiger charge is 2.03. The van der Waals surface area contributed by atoms with E-state index in [4.69, 9.17) is 5.11 Å². The smallest absolute Gasteiger partial charge is 0.132 e. The van der Waals surface area contributed by atoms with Crippen molar-refractivity contribution in [2.75, 3.05) is 0 Å². The lowest BCUT2D eigenvalue weighted by molar-refractivity contribution is -0.119. The molecule has 1 atom stereocenters. The summed E-state index contributed by atoms with van der Waals surface area (Å²) < 4.78 is 0. The normalized spacial score (nSPS) is 12.6. The van der Waals surface area contributed by atoms with Gasteiger partial charge in [-0.05, 0) is 56.7 Å². The summed E-state index contributed by atoms with van der Waals surface area (Å²) in [5.74, 6) is 0.354. The van der Waals surface area contributed by atoms with Crippen LogP contribution in [-0.2, 0) is 4.79 Å². The maximum Gasteiger partial charge on any atom is 0.132 e. The molecule has 0 heterocycles. The number of allylic oxidation sites excluding steroid dienone is 1. The molecule has 0 saturated carbocycles. The van der Waals surface area contributed by atoms with E-state index in [9.17, 15) is 15.0 Å². The zero-order chi connectivity index (χ0) is 16.4. The molecular formula is C18H26O4. The number of phenolic OH excluding ortho intramolecular Hbond substituents is 2. The van der Waals surface area contributed by atoms with Crippen molar-refractivity contribution in [1.29, 1.82) is 0 Å². The minimum atomic E-state index is -0.324. The van der Waals surface area contributed by atoms with E-state index < -0.39 is 0 Å². The van der Waals surface area contributed by atoms with E-state index in [-0.39, 0.29) is 23.4 Å². The molecule has 0 aromatic heterocycles. The van der Waals surface area contributed by atoms with Crippen molar-refractivity contribution in [3.63, 3.8) is 0 Å². The van der Waals surface area contributed by atoms with E-state index in [1.165, 1.54) is 6.07 Å². The van der Waals surface area contributed by atoms with Crippen LogP contribution in [0, 0.1) is 0 Å². The average Bonchev–Trinajstić information content (AvgIpc) is 2.41. The van der Waals surface area contributed by atoms with Crippen molar-refractivity contribution >= 4 is 11.9 Å². The molecule has 0 fully saturated rings. The molecule has 4 heteroatoms. The zero-order valence-corrected chi connectivity index (χ0v) is 13.2. The molecule has 22 heavy (non-hydrogen) atoms. The van der Waals surface area contributed by atoms with Crippen LogP contribution in [0.15, 0.2) is 24.3 Å². The van der Waals surface area contributed by atoms with Crippen molar-refractivity contribution in [2.45, 2.75) is 58.0 Å². The van der Waals surface area contributed by atoms with Gasteiger partial charge in [-0.3, -0.25) is 4.79 Å². The first-order chi connectivity index (χ1) is 10.5. The first-order valence-corrected chi connectivity index (χ1v) is 7.86. The number of ketones is 1. The maximum absolute atomic E-state index is 11.6. The third-order valence-electron chi connectivity index (χ3n) is 3.39. The first kappa shape index (κ1) is 18.2.